The van der Waals surface area contributed by atoms with Crippen molar-refractivity contribution in [2.45, 2.75) is 69.6 Å². The van der Waals surface area contributed by atoms with Gasteiger partial charge in [0.15, 0.2) is 6.61 Å². The zero-order valence-electron chi connectivity index (χ0n) is 20.3. The molecular formula is C24H31F5N4O2S. The summed E-state index contributed by atoms with van der Waals surface area (Å²) >= 11 is 1.16. The number of aromatic nitrogens is 3. The van der Waals surface area contributed by atoms with E-state index in [1.807, 2.05) is 0 Å². The molecule has 0 aromatic carbocycles. The second-order valence-corrected chi connectivity index (χ2v) is 11.0. The van der Waals surface area contributed by atoms with Crippen LogP contribution in [0.4, 0.5) is 22.0 Å². The third-order valence-electron chi connectivity index (χ3n) is 7.16. The zero-order valence-corrected chi connectivity index (χ0v) is 21.1. The molecule has 200 valence electrons. The van der Waals surface area contributed by atoms with Gasteiger partial charge in [-0.25, -0.2) is 14.1 Å². The minimum absolute atomic E-state index is 0.0161. The highest BCUT2D eigenvalue weighted by Crippen LogP contribution is 2.39. The number of carbonyl (C=O) groups is 1. The average molecular weight is 535 g/mol. The first kappa shape index (κ1) is 27.0. The van der Waals surface area contributed by atoms with Gasteiger partial charge in [-0.05, 0) is 44.4 Å². The van der Waals surface area contributed by atoms with Crippen molar-refractivity contribution >= 4 is 17.1 Å². The van der Waals surface area contributed by atoms with Crippen LogP contribution < -0.4 is 4.74 Å². The van der Waals surface area contributed by atoms with E-state index in [-0.39, 0.29) is 23.3 Å². The van der Waals surface area contributed by atoms with Crippen LogP contribution in [0.25, 0.3) is 0 Å². The monoisotopic (exact) mass is 534 g/mol. The molecule has 6 nitrogen and oxygen atoms in total. The summed E-state index contributed by atoms with van der Waals surface area (Å²) in [5, 5.41) is 3.87. The second kappa shape index (κ2) is 11.1. The molecule has 0 atom stereocenters. The smallest absolute Gasteiger partial charge is 0.422 e. The lowest BCUT2D eigenvalue weighted by atomic mass is 9.76. The predicted octanol–water partition coefficient (Wildman–Crippen LogP) is 4.85. The van der Waals surface area contributed by atoms with Crippen molar-refractivity contribution in [3.8, 4) is 5.19 Å². The van der Waals surface area contributed by atoms with Crippen LogP contribution in [0.15, 0.2) is 6.20 Å². The predicted molar refractivity (Wildman–Crippen MR) is 124 cm³/mol. The van der Waals surface area contributed by atoms with Gasteiger partial charge in [0.25, 0.3) is 5.19 Å². The summed E-state index contributed by atoms with van der Waals surface area (Å²) in [5.41, 5.74) is -0.195. The molecule has 1 aliphatic carbocycles. The first-order valence-electron chi connectivity index (χ1n) is 12.3. The van der Waals surface area contributed by atoms with Crippen LogP contribution in [0.2, 0.25) is 0 Å². The number of thiazole rings is 1. The second-order valence-electron chi connectivity index (χ2n) is 9.94. The lowest BCUT2D eigenvalue weighted by Crippen LogP contribution is -2.36. The Labute approximate surface area is 210 Å². The van der Waals surface area contributed by atoms with Crippen molar-refractivity contribution in [1.82, 2.24) is 19.7 Å². The molecule has 12 heteroatoms. The van der Waals surface area contributed by atoms with Gasteiger partial charge in [0, 0.05) is 56.4 Å². The molecule has 0 unspecified atom stereocenters. The maximum atomic E-state index is 15.5. The molecule has 0 saturated heterocycles. The molecule has 1 aliphatic heterocycles. The number of carbonyl (C=O) groups excluding carboxylic acids is 1. The fraction of sp³-hybridized carbons (Fsp3) is 0.708. The topological polar surface area (TPSA) is 60.2 Å². The number of ether oxygens (including phenoxy) is 1. The van der Waals surface area contributed by atoms with Crippen LogP contribution in [0.1, 0.15) is 54.7 Å². The van der Waals surface area contributed by atoms with E-state index in [2.05, 4.69) is 15.0 Å². The fourth-order valence-corrected chi connectivity index (χ4v) is 5.96. The number of aryl methyl sites for hydroxylation is 1. The van der Waals surface area contributed by atoms with Crippen LogP contribution >= 0.6 is 11.3 Å². The molecule has 2 aromatic heterocycles. The van der Waals surface area contributed by atoms with Gasteiger partial charge in [0.2, 0.25) is 5.95 Å². The zero-order chi connectivity index (χ0) is 25.9. The van der Waals surface area contributed by atoms with E-state index >= 15 is 4.39 Å². The Morgan fingerprint density at radius 1 is 1.25 bits per heavy atom. The van der Waals surface area contributed by atoms with Gasteiger partial charge < -0.3 is 9.64 Å². The van der Waals surface area contributed by atoms with Gasteiger partial charge in [-0.3, -0.25) is 4.79 Å². The third kappa shape index (κ3) is 7.24. The van der Waals surface area contributed by atoms with E-state index in [1.54, 1.807) is 0 Å². The standard InChI is InChI=1S/C24H31F5N4O2S/c1-32-21(25)17(14-30-32)13-18(34)12-16-2-6-23(26,7-3-16)8-11-33-9-4-19-20(5-10-33)36-22(31-19)35-15-24(27,28)29/h14,16H,2-13,15H2,1H3. The van der Waals surface area contributed by atoms with E-state index in [1.165, 1.54) is 13.2 Å². The van der Waals surface area contributed by atoms with Crippen LogP contribution in [0.5, 0.6) is 5.19 Å². The summed E-state index contributed by atoms with van der Waals surface area (Å²) in [6.07, 6.45) is 1.10. The molecule has 1 saturated carbocycles. The maximum Gasteiger partial charge on any atom is 0.422 e. The van der Waals surface area contributed by atoms with Crippen molar-refractivity contribution < 1.29 is 31.5 Å². The number of hydrogen-bond acceptors (Lipinski definition) is 6. The number of hydrogen-bond donors (Lipinski definition) is 0. The Hall–Kier alpha value is -2.08. The van der Waals surface area contributed by atoms with Crippen molar-refractivity contribution in [2.75, 3.05) is 26.2 Å². The molecule has 3 heterocycles. The Morgan fingerprint density at radius 3 is 2.64 bits per heavy atom. The summed E-state index contributed by atoms with van der Waals surface area (Å²) in [5.74, 6) is -0.421. The number of Topliss-reactive ketones (excluding diaryl/α,β-unsaturated/α-hetero) is 1. The van der Waals surface area contributed by atoms with E-state index in [0.717, 1.165) is 26.6 Å². The Morgan fingerprint density at radius 2 is 1.97 bits per heavy atom. The lowest BCUT2D eigenvalue weighted by molar-refractivity contribution is -0.153. The quantitative estimate of drug-likeness (QED) is 0.431. The molecule has 0 N–H and O–H groups in total. The number of halogens is 5. The van der Waals surface area contributed by atoms with E-state index in [0.29, 0.717) is 76.6 Å². The molecule has 0 amide bonds. The SMILES string of the molecule is Cn1ncc(CC(=O)CC2CCC(F)(CCN3CCc4nc(OCC(F)(F)F)sc4CC3)CC2)c1F. The van der Waals surface area contributed by atoms with Crippen molar-refractivity contribution in [3.63, 3.8) is 0 Å². The van der Waals surface area contributed by atoms with Gasteiger partial charge in [0.1, 0.15) is 11.5 Å². The molecule has 0 radical (unpaired) electrons. The summed E-state index contributed by atoms with van der Waals surface area (Å²) in [6, 6.07) is 0. The van der Waals surface area contributed by atoms with Crippen LogP contribution in [-0.4, -0.2) is 63.5 Å². The summed E-state index contributed by atoms with van der Waals surface area (Å²) in [4.78, 5) is 19.7. The molecule has 36 heavy (non-hydrogen) atoms. The highest BCUT2D eigenvalue weighted by molar-refractivity contribution is 7.13. The number of fused-ring (bicyclic) bond motifs is 1. The normalized spacial score (nSPS) is 23.3. The van der Waals surface area contributed by atoms with Gasteiger partial charge in [-0.2, -0.15) is 22.7 Å². The Bertz CT molecular complexity index is 1020. The van der Waals surface area contributed by atoms with Gasteiger partial charge in [-0.15, -0.1) is 0 Å². The first-order chi connectivity index (χ1) is 17.0. The average Bonchev–Trinajstić information content (AvgIpc) is 3.29. The summed E-state index contributed by atoms with van der Waals surface area (Å²) < 4.78 is 72.3. The number of rotatable bonds is 9. The molecule has 1 fully saturated rings. The minimum atomic E-state index is -4.39. The van der Waals surface area contributed by atoms with Crippen LogP contribution in [-0.2, 0) is 31.1 Å². The minimum Gasteiger partial charge on any atom is -0.460 e. The Kier molecular flexibility index (Phi) is 8.33. The third-order valence-corrected chi connectivity index (χ3v) is 8.22. The number of ketones is 1. The van der Waals surface area contributed by atoms with Crippen molar-refractivity contribution in [1.29, 1.82) is 0 Å². The highest BCUT2D eigenvalue weighted by Gasteiger charge is 2.36. The van der Waals surface area contributed by atoms with Gasteiger partial charge in [-0.1, -0.05) is 11.3 Å². The van der Waals surface area contributed by atoms with Crippen LogP contribution in [0, 0.1) is 11.9 Å². The molecule has 4 rings (SSSR count). The van der Waals surface area contributed by atoms with Crippen LogP contribution in [0.3, 0.4) is 0 Å². The lowest BCUT2D eigenvalue weighted by Gasteiger charge is -2.35. The van der Waals surface area contributed by atoms with E-state index in [4.69, 9.17) is 4.74 Å². The highest BCUT2D eigenvalue weighted by atomic mass is 32.1. The summed E-state index contributed by atoms with van der Waals surface area (Å²) in [6.45, 7) is 0.633. The molecule has 0 spiro atoms. The van der Waals surface area contributed by atoms with Gasteiger partial charge >= 0.3 is 6.18 Å². The van der Waals surface area contributed by atoms with Gasteiger partial charge in [0.05, 0.1) is 11.9 Å². The maximum absolute atomic E-state index is 15.5. The summed E-state index contributed by atoms with van der Waals surface area (Å²) in [7, 11) is 1.49. The molecular weight excluding hydrogens is 503 g/mol. The number of alkyl halides is 4. The van der Waals surface area contributed by atoms with E-state index < -0.39 is 24.4 Å². The Balaban J connectivity index is 1.18. The van der Waals surface area contributed by atoms with Crippen molar-refractivity contribution in [2.24, 2.45) is 13.0 Å². The van der Waals surface area contributed by atoms with E-state index in [9.17, 15) is 22.4 Å². The fourth-order valence-electron chi connectivity index (χ4n) is 5.02. The first-order valence-corrected chi connectivity index (χ1v) is 13.1. The largest absolute Gasteiger partial charge is 0.460 e. The molecule has 0 bridgehead atoms. The molecule has 2 aromatic rings. The molecule has 2 aliphatic rings. The number of nitrogens with zero attached hydrogens (tertiary/aromatic N) is 4. The van der Waals surface area contributed by atoms with Crippen molar-refractivity contribution in [3.05, 3.63) is 28.3 Å².